The number of carbonyl (C=O) groups excluding carboxylic acids is 4. The number of amides is 1. The lowest BCUT2D eigenvalue weighted by Gasteiger charge is -2.16. The van der Waals surface area contributed by atoms with Gasteiger partial charge in [-0.2, -0.15) is 0 Å². The predicted molar refractivity (Wildman–Crippen MR) is 123 cm³/mol. The zero-order valence-corrected chi connectivity index (χ0v) is 19.9. The van der Waals surface area contributed by atoms with Gasteiger partial charge in [0.1, 0.15) is 15.4 Å². The maximum absolute atomic E-state index is 13.0. The number of anilines is 1. The van der Waals surface area contributed by atoms with Crippen molar-refractivity contribution in [2.24, 2.45) is 0 Å². The number of hydrogen-bond donors (Lipinski definition) is 1. The summed E-state index contributed by atoms with van der Waals surface area (Å²) in [7, 11) is 0. The molecule has 0 bridgehead atoms. The third kappa shape index (κ3) is 5.25. The molecule has 0 aliphatic carbocycles. The van der Waals surface area contributed by atoms with E-state index in [1.165, 1.54) is 18.5 Å². The molecule has 3 aromatic rings. The lowest BCUT2D eigenvalue weighted by Crippen LogP contribution is -2.32. The van der Waals surface area contributed by atoms with Crippen molar-refractivity contribution in [3.05, 3.63) is 46.2 Å². The third-order valence-electron chi connectivity index (χ3n) is 4.80. The Hall–Kier alpha value is -3.73. The Labute approximate surface area is 199 Å². The standard InChI is InChI=1S/C23H24N2O8S/c1-5-15(33-21(27)13-8-9-14-16(10-13)32-11-24-14)19(26)25-20-17(22(28)30-6-2)12(4)18(34-20)23(29)31-7-3/h8-11,15H,5-7H2,1-4H3,(H,25,26). The molecule has 0 radical (unpaired) electrons. The molecular weight excluding hydrogens is 464 g/mol. The summed E-state index contributed by atoms with van der Waals surface area (Å²) in [6.45, 7) is 6.82. The van der Waals surface area contributed by atoms with Gasteiger partial charge in [0.15, 0.2) is 18.1 Å². The van der Waals surface area contributed by atoms with Gasteiger partial charge in [-0.1, -0.05) is 6.92 Å². The third-order valence-corrected chi connectivity index (χ3v) is 5.99. The minimum atomic E-state index is -1.15. The van der Waals surface area contributed by atoms with Crippen molar-refractivity contribution in [3.8, 4) is 0 Å². The highest BCUT2D eigenvalue weighted by atomic mass is 32.1. The summed E-state index contributed by atoms with van der Waals surface area (Å²) in [5.41, 5.74) is 1.58. The van der Waals surface area contributed by atoms with Gasteiger partial charge in [0.25, 0.3) is 5.91 Å². The van der Waals surface area contributed by atoms with Crippen molar-refractivity contribution in [3.63, 3.8) is 0 Å². The fourth-order valence-electron chi connectivity index (χ4n) is 3.14. The Morgan fingerprint density at radius 3 is 2.44 bits per heavy atom. The predicted octanol–water partition coefficient (Wildman–Crippen LogP) is 4.13. The molecule has 0 aliphatic rings. The van der Waals surface area contributed by atoms with Crippen molar-refractivity contribution < 1.29 is 37.8 Å². The number of aromatic nitrogens is 1. The molecule has 2 heterocycles. The number of ether oxygens (including phenoxy) is 3. The molecule has 1 amide bonds. The molecule has 34 heavy (non-hydrogen) atoms. The second kappa shape index (κ2) is 10.9. The van der Waals surface area contributed by atoms with Gasteiger partial charge < -0.3 is 23.9 Å². The molecular formula is C23H24N2O8S. The number of oxazole rings is 1. The molecule has 11 heteroatoms. The molecule has 0 saturated carbocycles. The maximum atomic E-state index is 13.0. The van der Waals surface area contributed by atoms with Crippen LogP contribution in [0.3, 0.4) is 0 Å². The largest absolute Gasteiger partial charge is 0.462 e. The van der Waals surface area contributed by atoms with Gasteiger partial charge in [0.2, 0.25) is 0 Å². The van der Waals surface area contributed by atoms with Crippen molar-refractivity contribution in [1.82, 2.24) is 4.98 Å². The van der Waals surface area contributed by atoms with E-state index < -0.39 is 29.9 Å². The van der Waals surface area contributed by atoms with Gasteiger partial charge in [-0.05, 0) is 51.0 Å². The van der Waals surface area contributed by atoms with Gasteiger partial charge in [-0.3, -0.25) is 4.79 Å². The number of hydrogen-bond acceptors (Lipinski definition) is 10. The molecule has 1 aromatic carbocycles. The minimum Gasteiger partial charge on any atom is -0.462 e. The first kappa shape index (κ1) is 24.9. The fraction of sp³-hybridized carbons (Fsp3) is 0.348. The Morgan fingerprint density at radius 2 is 1.76 bits per heavy atom. The molecule has 10 nitrogen and oxygen atoms in total. The quantitative estimate of drug-likeness (QED) is 0.348. The van der Waals surface area contributed by atoms with E-state index in [1.54, 1.807) is 33.8 Å². The topological polar surface area (TPSA) is 134 Å². The molecule has 0 spiro atoms. The Bertz CT molecular complexity index is 1230. The second-order valence-electron chi connectivity index (χ2n) is 7.03. The van der Waals surface area contributed by atoms with Crippen LogP contribution in [0.2, 0.25) is 0 Å². The van der Waals surface area contributed by atoms with E-state index in [0.29, 0.717) is 16.7 Å². The Kier molecular flexibility index (Phi) is 8.00. The highest BCUT2D eigenvalue weighted by Crippen LogP contribution is 2.34. The van der Waals surface area contributed by atoms with Crippen LogP contribution < -0.4 is 5.32 Å². The van der Waals surface area contributed by atoms with Crippen LogP contribution in [0.15, 0.2) is 29.0 Å². The normalized spacial score (nSPS) is 11.6. The number of nitrogens with one attached hydrogen (secondary N) is 1. The second-order valence-corrected chi connectivity index (χ2v) is 8.05. The van der Waals surface area contributed by atoms with Crippen LogP contribution in [-0.2, 0) is 19.0 Å². The molecule has 180 valence electrons. The average Bonchev–Trinajstić information content (AvgIpc) is 3.41. The zero-order chi connectivity index (χ0) is 24.8. The van der Waals surface area contributed by atoms with E-state index in [1.807, 2.05) is 0 Å². The molecule has 3 rings (SSSR count). The zero-order valence-electron chi connectivity index (χ0n) is 19.1. The van der Waals surface area contributed by atoms with Crippen LogP contribution in [0.1, 0.15) is 63.1 Å². The van der Waals surface area contributed by atoms with E-state index >= 15 is 0 Å². The summed E-state index contributed by atoms with van der Waals surface area (Å²) >= 11 is 0.895. The molecule has 0 aliphatic heterocycles. The van der Waals surface area contributed by atoms with E-state index in [2.05, 4.69) is 10.3 Å². The first-order valence-electron chi connectivity index (χ1n) is 10.6. The number of fused-ring (bicyclic) bond motifs is 1. The highest BCUT2D eigenvalue weighted by Gasteiger charge is 2.30. The lowest BCUT2D eigenvalue weighted by atomic mass is 10.1. The fourth-order valence-corrected chi connectivity index (χ4v) is 4.23. The molecule has 1 unspecified atom stereocenters. The molecule has 1 atom stereocenters. The van der Waals surface area contributed by atoms with Crippen molar-refractivity contribution in [2.45, 2.75) is 40.2 Å². The SMILES string of the molecule is CCOC(=O)c1sc(NC(=O)C(CC)OC(=O)c2ccc3ncoc3c2)c(C(=O)OCC)c1C. The number of benzene rings is 1. The van der Waals surface area contributed by atoms with Gasteiger partial charge in [-0.15, -0.1) is 11.3 Å². The highest BCUT2D eigenvalue weighted by molar-refractivity contribution is 7.18. The minimum absolute atomic E-state index is 0.0557. The van der Waals surface area contributed by atoms with E-state index in [0.717, 1.165) is 11.3 Å². The van der Waals surface area contributed by atoms with Crippen LogP contribution in [0, 0.1) is 6.92 Å². The van der Waals surface area contributed by atoms with Crippen LogP contribution in [0.25, 0.3) is 11.1 Å². The molecule has 2 aromatic heterocycles. The van der Waals surface area contributed by atoms with Crippen LogP contribution in [0.5, 0.6) is 0 Å². The van der Waals surface area contributed by atoms with Crippen LogP contribution in [-0.4, -0.2) is 48.1 Å². The lowest BCUT2D eigenvalue weighted by molar-refractivity contribution is -0.124. The number of esters is 3. The van der Waals surface area contributed by atoms with Crippen molar-refractivity contribution in [2.75, 3.05) is 18.5 Å². The van der Waals surface area contributed by atoms with Gasteiger partial charge in [0.05, 0.1) is 24.3 Å². The summed E-state index contributed by atoms with van der Waals surface area (Å²) in [6, 6.07) is 4.60. The average molecular weight is 489 g/mol. The van der Waals surface area contributed by atoms with Gasteiger partial charge in [0, 0.05) is 0 Å². The Morgan fingerprint density at radius 1 is 1.06 bits per heavy atom. The summed E-state index contributed by atoms with van der Waals surface area (Å²) in [5.74, 6) is -2.68. The van der Waals surface area contributed by atoms with Gasteiger partial charge >= 0.3 is 17.9 Å². The summed E-state index contributed by atoms with van der Waals surface area (Å²) < 4.78 is 20.7. The van der Waals surface area contributed by atoms with E-state index in [-0.39, 0.29) is 40.6 Å². The molecule has 0 fully saturated rings. The molecule has 1 N–H and O–H groups in total. The summed E-state index contributed by atoms with van der Waals surface area (Å²) in [4.78, 5) is 54.6. The van der Waals surface area contributed by atoms with Crippen molar-refractivity contribution in [1.29, 1.82) is 0 Å². The van der Waals surface area contributed by atoms with Crippen LogP contribution in [0.4, 0.5) is 5.00 Å². The number of nitrogens with zero attached hydrogens (tertiary/aromatic N) is 1. The van der Waals surface area contributed by atoms with Gasteiger partial charge in [-0.25, -0.2) is 19.4 Å². The first-order valence-corrected chi connectivity index (χ1v) is 11.4. The number of carbonyl (C=O) groups is 4. The Balaban J connectivity index is 1.82. The number of thiophene rings is 1. The van der Waals surface area contributed by atoms with Crippen molar-refractivity contribution >= 4 is 51.3 Å². The van der Waals surface area contributed by atoms with E-state index in [9.17, 15) is 19.2 Å². The molecule has 0 saturated heterocycles. The van der Waals surface area contributed by atoms with Crippen LogP contribution >= 0.6 is 11.3 Å². The van der Waals surface area contributed by atoms with E-state index in [4.69, 9.17) is 18.6 Å². The number of rotatable bonds is 9. The first-order chi connectivity index (χ1) is 16.3. The maximum Gasteiger partial charge on any atom is 0.348 e. The monoisotopic (exact) mass is 488 g/mol. The summed E-state index contributed by atoms with van der Waals surface area (Å²) in [5, 5.41) is 2.72. The summed E-state index contributed by atoms with van der Waals surface area (Å²) in [6.07, 6.45) is 0.282. The smallest absolute Gasteiger partial charge is 0.348 e.